The molecule has 2 aliphatic heterocycles. The Hall–Kier alpha value is -1.26. The zero-order chi connectivity index (χ0) is 13.9. The number of nitrogens with zero attached hydrogens (tertiary/aromatic N) is 2. The van der Waals surface area contributed by atoms with Crippen molar-refractivity contribution in [3.8, 4) is 0 Å². The van der Waals surface area contributed by atoms with Crippen LogP contribution in [0.2, 0.25) is 5.02 Å². The summed E-state index contributed by atoms with van der Waals surface area (Å²) in [5, 5.41) is 3.74. The predicted octanol–water partition coefficient (Wildman–Crippen LogP) is 1.74. The lowest BCUT2D eigenvalue weighted by Crippen LogP contribution is -2.56. The number of carbonyl (C=O) groups excluding carboxylic acids is 1. The van der Waals surface area contributed by atoms with Crippen molar-refractivity contribution in [1.29, 1.82) is 0 Å². The van der Waals surface area contributed by atoms with E-state index in [1.807, 2.05) is 18.2 Å². The molecule has 1 aromatic rings. The molecule has 1 atom stereocenters. The Morgan fingerprint density at radius 2 is 2.00 bits per heavy atom. The van der Waals surface area contributed by atoms with Gasteiger partial charge in [-0.3, -0.25) is 9.69 Å². The number of piperazine rings is 1. The van der Waals surface area contributed by atoms with Gasteiger partial charge in [-0.2, -0.15) is 0 Å². The first-order chi connectivity index (χ1) is 9.74. The van der Waals surface area contributed by atoms with Gasteiger partial charge in [-0.05, 0) is 31.0 Å². The molecule has 0 radical (unpaired) electrons. The van der Waals surface area contributed by atoms with Crippen LogP contribution < -0.4 is 10.2 Å². The fourth-order valence-electron chi connectivity index (χ4n) is 3.07. The van der Waals surface area contributed by atoms with Gasteiger partial charge >= 0.3 is 0 Å². The molecule has 0 bridgehead atoms. The minimum absolute atomic E-state index is 0.0743. The number of rotatable bonds is 2. The maximum absolute atomic E-state index is 11.9. The maximum Gasteiger partial charge on any atom is 0.237 e. The lowest BCUT2D eigenvalue weighted by atomic mass is 10.0. The van der Waals surface area contributed by atoms with Crippen molar-refractivity contribution in [2.75, 3.05) is 37.6 Å². The highest BCUT2D eigenvalue weighted by molar-refractivity contribution is 6.30. The van der Waals surface area contributed by atoms with E-state index in [-0.39, 0.29) is 11.9 Å². The molecule has 5 heteroatoms. The van der Waals surface area contributed by atoms with Gasteiger partial charge in [-0.25, -0.2) is 0 Å². The van der Waals surface area contributed by atoms with Crippen LogP contribution in [0.3, 0.4) is 0 Å². The summed E-state index contributed by atoms with van der Waals surface area (Å²) in [6.45, 7) is 4.60. The van der Waals surface area contributed by atoms with Crippen LogP contribution in [0.4, 0.5) is 5.69 Å². The van der Waals surface area contributed by atoms with Crippen molar-refractivity contribution in [2.24, 2.45) is 0 Å². The average molecular weight is 294 g/mol. The highest BCUT2D eigenvalue weighted by Gasteiger charge is 2.30. The van der Waals surface area contributed by atoms with E-state index in [1.54, 1.807) is 0 Å². The largest absolute Gasteiger partial charge is 0.369 e. The van der Waals surface area contributed by atoms with Crippen molar-refractivity contribution in [1.82, 2.24) is 10.2 Å². The van der Waals surface area contributed by atoms with Crippen LogP contribution >= 0.6 is 11.6 Å². The summed E-state index contributed by atoms with van der Waals surface area (Å²) in [5.74, 6) is 0.201. The summed E-state index contributed by atoms with van der Waals surface area (Å²) in [5.41, 5.74) is 1.17. The number of hydrogen-bond donors (Lipinski definition) is 1. The second-order valence-corrected chi connectivity index (χ2v) is 5.89. The first-order valence-electron chi connectivity index (χ1n) is 7.26. The Balaban J connectivity index is 1.60. The van der Waals surface area contributed by atoms with Crippen molar-refractivity contribution < 1.29 is 4.79 Å². The fourth-order valence-corrected chi connectivity index (χ4v) is 3.25. The maximum atomic E-state index is 11.9. The molecule has 1 aromatic carbocycles. The molecule has 1 amide bonds. The van der Waals surface area contributed by atoms with E-state index in [1.165, 1.54) is 5.69 Å². The van der Waals surface area contributed by atoms with Crippen LogP contribution in [0, 0.1) is 0 Å². The van der Waals surface area contributed by atoms with Gasteiger partial charge in [0.25, 0.3) is 0 Å². The number of halogens is 1. The minimum atomic E-state index is 0.0743. The monoisotopic (exact) mass is 293 g/mol. The summed E-state index contributed by atoms with van der Waals surface area (Å²) in [7, 11) is 0. The lowest BCUT2D eigenvalue weighted by molar-refractivity contribution is -0.128. The number of hydrogen-bond acceptors (Lipinski definition) is 3. The molecule has 0 saturated carbocycles. The van der Waals surface area contributed by atoms with Crippen LogP contribution in [0.1, 0.15) is 12.8 Å². The van der Waals surface area contributed by atoms with Crippen LogP contribution in [0.25, 0.3) is 0 Å². The van der Waals surface area contributed by atoms with Gasteiger partial charge in [0, 0.05) is 43.4 Å². The molecule has 0 aromatic heterocycles. The average Bonchev–Trinajstić information content (AvgIpc) is 2.48. The summed E-state index contributed by atoms with van der Waals surface area (Å²) in [6, 6.07) is 8.05. The molecule has 2 aliphatic rings. The Kier molecular flexibility index (Phi) is 4.13. The number of nitrogens with one attached hydrogen (secondary N) is 1. The molecule has 2 fully saturated rings. The Morgan fingerprint density at radius 3 is 2.70 bits per heavy atom. The molecule has 20 heavy (non-hydrogen) atoms. The zero-order valence-corrected chi connectivity index (χ0v) is 12.3. The topological polar surface area (TPSA) is 35.6 Å². The molecule has 4 nitrogen and oxygen atoms in total. The standard InChI is InChI=1S/C15H20ClN3O/c16-12-3-1-4-13(11-12)18-7-9-19(10-8-18)14-5-2-6-17-15(14)20/h1,3-4,11,14H,2,5-10H2,(H,17,20). The van der Waals surface area contributed by atoms with Crippen LogP contribution in [0.15, 0.2) is 24.3 Å². The van der Waals surface area contributed by atoms with Gasteiger partial charge in [-0.1, -0.05) is 17.7 Å². The van der Waals surface area contributed by atoms with Crippen LogP contribution in [-0.2, 0) is 4.79 Å². The Bertz CT molecular complexity index is 486. The molecule has 0 aliphatic carbocycles. The van der Waals surface area contributed by atoms with E-state index >= 15 is 0 Å². The highest BCUT2D eigenvalue weighted by Crippen LogP contribution is 2.22. The first-order valence-corrected chi connectivity index (χ1v) is 7.64. The highest BCUT2D eigenvalue weighted by atomic mass is 35.5. The van der Waals surface area contributed by atoms with E-state index in [9.17, 15) is 4.79 Å². The predicted molar refractivity (Wildman–Crippen MR) is 81.3 cm³/mol. The Morgan fingerprint density at radius 1 is 1.20 bits per heavy atom. The van der Waals surface area contributed by atoms with Crippen molar-refractivity contribution in [2.45, 2.75) is 18.9 Å². The second-order valence-electron chi connectivity index (χ2n) is 5.45. The molecule has 2 heterocycles. The lowest BCUT2D eigenvalue weighted by Gasteiger charge is -2.40. The van der Waals surface area contributed by atoms with E-state index in [0.717, 1.165) is 50.6 Å². The summed E-state index contributed by atoms with van der Waals surface area (Å²) < 4.78 is 0. The van der Waals surface area contributed by atoms with Crippen molar-refractivity contribution >= 4 is 23.2 Å². The molecule has 2 saturated heterocycles. The van der Waals surface area contributed by atoms with Gasteiger partial charge < -0.3 is 10.2 Å². The summed E-state index contributed by atoms with van der Waals surface area (Å²) in [4.78, 5) is 16.6. The quantitative estimate of drug-likeness (QED) is 0.902. The number of amides is 1. The van der Waals surface area contributed by atoms with E-state index in [0.29, 0.717) is 0 Å². The van der Waals surface area contributed by atoms with Gasteiger partial charge in [0.15, 0.2) is 0 Å². The second kappa shape index (κ2) is 6.02. The summed E-state index contributed by atoms with van der Waals surface area (Å²) >= 11 is 6.04. The minimum Gasteiger partial charge on any atom is -0.369 e. The number of piperidine rings is 1. The molecule has 1 unspecified atom stereocenters. The third-order valence-electron chi connectivity index (χ3n) is 4.18. The number of anilines is 1. The first kappa shape index (κ1) is 13.7. The summed E-state index contributed by atoms with van der Waals surface area (Å²) in [6.07, 6.45) is 2.08. The number of carbonyl (C=O) groups is 1. The zero-order valence-electron chi connectivity index (χ0n) is 11.5. The van der Waals surface area contributed by atoms with Gasteiger partial charge in [-0.15, -0.1) is 0 Å². The smallest absolute Gasteiger partial charge is 0.237 e. The molecule has 3 rings (SSSR count). The van der Waals surface area contributed by atoms with E-state index in [4.69, 9.17) is 11.6 Å². The van der Waals surface area contributed by atoms with Crippen LogP contribution in [-0.4, -0.2) is 49.6 Å². The van der Waals surface area contributed by atoms with Crippen molar-refractivity contribution in [3.05, 3.63) is 29.3 Å². The molecular formula is C15H20ClN3O. The van der Waals surface area contributed by atoms with Gasteiger partial charge in [0.2, 0.25) is 5.91 Å². The third-order valence-corrected chi connectivity index (χ3v) is 4.42. The molecule has 0 spiro atoms. The molecule has 108 valence electrons. The third kappa shape index (κ3) is 2.91. The number of benzene rings is 1. The fraction of sp³-hybridized carbons (Fsp3) is 0.533. The molecule has 1 N–H and O–H groups in total. The SMILES string of the molecule is O=C1NCCCC1N1CCN(c2cccc(Cl)c2)CC1. The van der Waals surface area contributed by atoms with Gasteiger partial charge in [0.1, 0.15) is 0 Å². The van der Waals surface area contributed by atoms with Crippen LogP contribution in [0.5, 0.6) is 0 Å². The Labute approximate surface area is 124 Å². The van der Waals surface area contributed by atoms with Gasteiger partial charge in [0.05, 0.1) is 6.04 Å². The molecular weight excluding hydrogens is 274 g/mol. The van der Waals surface area contributed by atoms with Crippen molar-refractivity contribution in [3.63, 3.8) is 0 Å². The van der Waals surface area contributed by atoms with E-state index < -0.39 is 0 Å². The van der Waals surface area contributed by atoms with E-state index in [2.05, 4.69) is 21.2 Å². The normalized spacial score (nSPS) is 24.6.